The molecule has 2 rings (SSSR count). The van der Waals surface area contributed by atoms with Crippen molar-refractivity contribution in [2.45, 2.75) is 39.3 Å². The van der Waals surface area contributed by atoms with Crippen LogP contribution < -0.4 is 10.1 Å². The van der Waals surface area contributed by atoms with Gasteiger partial charge in [-0.2, -0.15) is 0 Å². The van der Waals surface area contributed by atoms with Crippen molar-refractivity contribution in [2.75, 3.05) is 7.11 Å². The summed E-state index contributed by atoms with van der Waals surface area (Å²) in [5.41, 5.74) is 1.05. The lowest BCUT2D eigenvalue weighted by atomic mass is 10.2. The van der Waals surface area contributed by atoms with Gasteiger partial charge in [0.2, 0.25) is 5.91 Å². The predicted molar refractivity (Wildman–Crippen MR) is 81.0 cm³/mol. The molecule has 1 aromatic heterocycles. The van der Waals surface area contributed by atoms with Crippen molar-refractivity contribution in [1.82, 2.24) is 9.88 Å². The van der Waals surface area contributed by atoms with E-state index in [4.69, 9.17) is 4.74 Å². The van der Waals surface area contributed by atoms with Gasteiger partial charge in [0, 0.05) is 23.1 Å². The highest BCUT2D eigenvalue weighted by atomic mass is 16.5. The van der Waals surface area contributed by atoms with Crippen molar-refractivity contribution in [3.05, 3.63) is 30.5 Å². The topological polar surface area (TPSA) is 43.3 Å². The zero-order chi connectivity index (χ0) is 14.5. The maximum Gasteiger partial charge on any atom is 0.240 e. The van der Waals surface area contributed by atoms with Crippen molar-refractivity contribution in [3.63, 3.8) is 0 Å². The molecule has 4 nitrogen and oxygen atoms in total. The summed E-state index contributed by atoms with van der Waals surface area (Å²) in [7, 11) is 1.65. The van der Waals surface area contributed by atoms with E-state index in [2.05, 4.69) is 19.2 Å². The molecule has 2 aromatic rings. The molecule has 1 heterocycles. The number of methoxy groups -OCH3 is 1. The highest BCUT2D eigenvalue weighted by Crippen LogP contribution is 2.21. The maximum atomic E-state index is 12.0. The number of ether oxygens (including phenoxy) is 1. The Balaban J connectivity index is 2.12. The minimum atomic E-state index is 0.0621. The third kappa shape index (κ3) is 3.13. The van der Waals surface area contributed by atoms with Crippen molar-refractivity contribution in [2.24, 2.45) is 0 Å². The summed E-state index contributed by atoms with van der Waals surface area (Å²) in [6.45, 7) is 4.53. The van der Waals surface area contributed by atoms with Crippen LogP contribution in [0.2, 0.25) is 0 Å². The molecule has 0 bridgehead atoms. The number of hydrogen-bond donors (Lipinski definition) is 1. The summed E-state index contributed by atoms with van der Waals surface area (Å²) < 4.78 is 7.17. The van der Waals surface area contributed by atoms with Crippen LogP contribution in [0.15, 0.2) is 30.5 Å². The second-order valence-corrected chi connectivity index (χ2v) is 4.95. The third-order valence-electron chi connectivity index (χ3n) is 3.64. The number of amides is 1. The van der Waals surface area contributed by atoms with Gasteiger partial charge in [0.25, 0.3) is 0 Å². The smallest absolute Gasteiger partial charge is 0.240 e. The number of carbonyl (C=O) groups excluding carboxylic acids is 1. The van der Waals surface area contributed by atoms with Crippen LogP contribution in [0.5, 0.6) is 5.75 Å². The van der Waals surface area contributed by atoms with Crippen LogP contribution in [0.4, 0.5) is 0 Å². The Hall–Kier alpha value is -1.97. The first-order valence-corrected chi connectivity index (χ1v) is 7.10. The Morgan fingerprint density at radius 1 is 1.30 bits per heavy atom. The fourth-order valence-electron chi connectivity index (χ4n) is 2.36. The van der Waals surface area contributed by atoms with Gasteiger partial charge in [-0.15, -0.1) is 0 Å². The van der Waals surface area contributed by atoms with E-state index in [1.165, 1.54) is 0 Å². The molecule has 108 valence electrons. The number of nitrogens with one attached hydrogen (secondary N) is 1. The first kappa shape index (κ1) is 14.4. The van der Waals surface area contributed by atoms with Gasteiger partial charge < -0.3 is 14.6 Å². The van der Waals surface area contributed by atoms with Gasteiger partial charge in [0.05, 0.1) is 7.11 Å². The highest BCUT2D eigenvalue weighted by Gasteiger charge is 2.10. The van der Waals surface area contributed by atoms with Crippen molar-refractivity contribution >= 4 is 16.8 Å². The summed E-state index contributed by atoms with van der Waals surface area (Å²) in [4.78, 5) is 12.0. The molecule has 1 N–H and O–H groups in total. The zero-order valence-electron chi connectivity index (χ0n) is 12.3. The molecule has 0 aliphatic heterocycles. The molecule has 0 radical (unpaired) electrons. The van der Waals surface area contributed by atoms with Gasteiger partial charge in [-0.25, -0.2) is 0 Å². The van der Waals surface area contributed by atoms with Crippen LogP contribution >= 0.6 is 0 Å². The molecule has 0 saturated carbocycles. The Bertz CT molecular complexity index is 585. The Morgan fingerprint density at radius 2 is 2.05 bits per heavy atom. The number of aromatic nitrogens is 1. The Kier molecular flexibility index (Phi) is 4.66. The minimum absolute atomic E-state index is 0.0621. The lowest BCUT2D eigenvalue weighted by Gasteiger charge is -2.15. The number of nitrogens with zero attached hydrogens (tertiary/aromatic N) is 1. The summed E-state index contributed by atoms with van der Waals surface area (Å²) in [6.07, 6.45) is 3.87. The lowest BCUT2D eigenvalue weighted by molar-refractivity contribution is -0.122. The molecule has 0 aliphatic carbocycles. The predicted octanol–water partition coefficient (Wildman–Crippen LogP) is 2.95. The second-order valence-electron chi connectivity index (χ2n) is 4.95. The van der Waals surface area contributed by atoms with Gasteiger partial charge in [-0.3, -0.25) is 4.79 Å². The molecule has 1 aromatic carbocycles. The zero-order valence-corrected chi connectivity index (χ0v) is 12.3. The average molecular weight is 274 g/mol. The maximum absolute atomic E-state index is 12.0. The fourth-order valence-corrected chi connectivity index (χ4v) is 2.36. The molecule has 4 heteroatoms. The summed E-state index contributed by atoms with van der Waals surface area (Å²) in [5.74, 6) is 0.892. The minimum Gasteiger partial charge on any atom is -0.497 e. The summed E-state index contributed by atoms with van der Waals surface area (Å²) in [6, 6.07) is 8.15. The molecule has 0 spiro atoms. The van der Waals surface area contributed by atoms with E-state index in [9.17, 15) is 4.79 Å². The van der Waals surface area contributed by atoms with E-state index < -0.39 is 0 Å². The van der Waals surface area contributed by atoms with Crippen LogP contribution in [-0.2, 0) is 11.3 Å². The fraction of sp³-hybridized carbons (Fsp3) is 0.438. The van der Waals surface area contributed by atoms with Gasteiger partial charge in [0.15, 0.2) is 0 Å². The van der Waals surface area contributed by atoms with Gasteiger partial charge in [-0.1, -0.05) is 13.8 Å². The first-order valence-electron chi connectivity index (χ1n) is 7.10. The van der Waals surface area contributed by atoms with Gasteiger partial charge >= 0.3 is 0 Å². The standard InChI is InChI=1S/C16H22N2O2/c1-4-13(5-2)17-16(19)11-18-9-8-12-10-14(20-3)6-7-15(12)18/h6-10,13H,4-5,11H2,1-3H3,(H,17,19). The van der Waals surface area contributed by atoms with Crippen LogP contribution in [-0.4, -0.2) is 23.6 Å². The van der Waals surface area contributed by atoms with Gasteiger partial charge in [-0.05, 0) is 37.1 Å². The van der Waals surface area contributed by atoms with E-state index in [1.807, 2.05) is 35.0 Å². The monoisotopic (exact) mass is 274 g/mol. The third-order valence-corrected chi connectivity index (χ3v) is 3.64. The highest BCUT2D eigenvalue weighted by molar-refractivity contribution is 5.84. The molecule has 0 atom stereocenters. The van der Waals surface area contributed by atoms with E-state index in [-0.39, 0.29) is 11.9 Å². The average Bonchev–Trinajstić information content (AvgIpc) is 2.86. The Labute approximate surface area is 119 Å². The van der Waals surface area contributed by atoms with Crippen molar-refractivity contribution in [1.29, 1.82) is 0 Å². The molecule has 1 amide bonds. The van der Waals surface area contributed by atoms with Crippen LogP contribution in [0, 0.1) is 0 Å². The first-order chi connectivity index (χ1) is 9.67. The molecule has 20 heavy (non-hydrogen) atoms. The normalized spacial score (nSPS) is 11.0. The Morgan fingerprint density at radius 3 is 2.70 bits per heavy atom. The second kappa shape index (κ2) is 6.46. The number of benzene rings is 1. The number of hydrogen-bond acceptors (Lipinski definition) is 2. The van der Waals surface area contributed by atoms with Crippen LogP contribution in [0.25, 0.3) is 10.9 Å². The van der Waals surface area contributed by atoms with E-state index in [0.717, 1.165) is 29.5 Å². The molecule has 0 unspecified atom stereocenters. The molecule has 0 aliphatic rings. The molecular weight excluding hydrogens is 252 g/mol. The number of fused-ring (bicyclic) bond motifs is 1. The van der Waals surface area contributed by atoms with Crippen molar-refractivity contribution < 1.29 is 9.53 Å². The molecule has 0 fully saturated rings. The van der Waals surface area contributed by atoms with Crippen LogP contribution in [0.3, 0.4) is 0 Å². The SMILES string of the molecule is CCC(CC)NC(=O)Cn1ccc2cc(OC)ccc21. The largest absolute Gasteiger partial charge is 0.497 e. The van der Waals surface area contributed by atoms with E-state index in [0.29, 0.717) is 6.54 Å². The molecular formula is C16H22N2O2. The summed E-state index contributed by atoms with van der Waals surface area (Å²) in [5, 5.41) is 4.14. The van der Waals surface area contributed by atoms with E-state index >= 15 is 0 Å². The van der Waals surface area contributed by atoms with E-state index in [1.54, 1.807) is 7.11 Å². The lowest BCUT2D eigenvalue weighted by Crippen LogP contribution is -2.36. The quantitative estimate of drug-likeness (QED) is 0.880. The summed E-state index contributed by atoms with van der Waals surface area (Å²) >= 11 is 0. The van der Waals surface area contributed by atoms with Gasteiger partial charge in [0.1, 0.15) is 12.3 Å². The number of carbonyl (C=O) groups is 1. The van der Waals surface area contributed by atoms with Crippen molar-refractivity contribution in [3.8, 4) is 5.75 Å². The number of rotatable bonds is 6. The molecule has 0 saturated heterocycles. The van der Waals surface area contributed by atoms with Crippen LogP contribution in [0.1, 0.15) is 26.7 Å².